The number of hydrogen-bond acceptors (Lipinski definition) is 3. The van der Waals surface area contributed by atoms with E-state index in [1.54, 1.807) is 0 Å². The van der Waals surface area contributed by atoms with E-state index in [-0.39, 0.29) is 0 Å². The first kappa shape index (κ1) is 35.6. The van der Waals surface area contributed by atoms with Gasteiger partial charge in [0, 0.05) is 58.7 Å². The number of para-hydroxylation sites is 2. The first-order valence-corrected chi connectivity index (χ1v) is 22.1. The molecular formula is C54H36N2S3. The van der Waals surface area contributed by atoms with E-state index >= 15 is 0 Å². The second kappa shape index (κ2) is 14.7. The standard InChI is InChI=1S/C54H34N2S.H2S2/c1-3-14-35(15-4-1)37-26-29-40(30-27-37)55-48-23-10-7-20-42(48)46-33-39(28-31-50(46)55)45-34-47-43-21-8-11-24-49(43)56(41-19-13-18-38(32-41)36-16-5-2-6-17-36)53(47)52-44-22-9-12-25-51(44)57-54(45)52;1-2/h1-34H;1-2H. The van der Waals surface area contributed by atoms with Crippen LogP contribution in [0.1, 0.15) is 0 Å². The normalized spacial score (nSPS) is 11.6. The van der Waals surface area contributed by atoms with Crippen molar-refractivity contribution < 1.29 is 0 Å². The monoisotopic (exact) mass is 808 g/mol. The fourth-order valence-electron chi connectivity index (χ4n) is 9.13. The van der Waals surface area contributed by atoms with Crippen LogP contribution in [-0.4, -0.2) is 9.13 Å². The van der Waals surface area contributed by atoms with Gasteiger partial charge in [-0.15, -0.1) is 34.7 Å². The molecule has 0 fully saturated rings. The summed E-state index contributed by atoms with van der Waals surface area (Å²) in [5, 5.41) is 7.64. The molecular weight excluding hydrogens is 773 g/mol. The number of thiophene rings is 1. The maximum atomic E-state index is 3.22. The first-order valence-electron chi connectivity index (χ1n) is 19.7. The molecule has 3 heterocycles. The number of nitrogens with zero attached hydrogens (tertiary/aromatic N) is 2. The van der Waals surface area contributed by atoms with Gasteiger partial charge in [-0.25, -0.2) is 0 Å². The number of rotatable bonds is 5. The third-order valence-corrected chi connectivity index (χ3v) is 12.9. The van der Waals surface area contributed by atoms with Gasteiger partial charge in [0.05, 0.1) is 22.1 Å². The van der Waals surface area contributed by atoms with Gasteiger partial charge in [0.25, 0.3) is 0 Å². The van der Waals surface area contributed by atoms with Gasteiger partial charge < -0.3 is 9.13 Å². The van der Waals surface area contributed by atoms with Crippen LogP contribution < -0.4 is 0 Å². The molecule has 5 heteroatoms. The Bertz CT molecular complexity index is 3500. The average Bonchev–Trinajstić information content (AvgIpc) is 3.98. The van der Waals surface area contributed by atoms with E-state index in [4.69, 9.17) is 0 Å². The van der Waals surface area contributed by atoms with Gasteiger partial charge >= 0.3 is 0 Å². The Kier molecular flexibility index (Phi) is 8.89. The van der Waals surface area contributed by atoms with Gasteiger partial charge in [0.15, 0.2) is 0 Å². The topological polar surface area (TPSA) is 9.86 Å². The SMILES string of the molecule is SS.c1ccc(-c2ccc(-n3c4ccccc4c4cc(-c5cc6c7ccccc7n(-c7cccc(-c8ccccc8)c7)c6c6c5sc5ccccc56)ccc43)cc2)cc1. The summed E-state index contributed by atoms with van der Waals surface area (Å²) < 4.78 is 7.53. The molecule has 0 N–H and O–H groups in total. The van der Waals surface area contributed by atoms with Gasteiger partial charge in [-0.1, -0.05) is 146 Å². The summed E-state index contributed by atoms with van der Waals surface area (Å²) in [6, 6.07) is 75.5. The highest BCUT2D eigenvalue weighted by atomic mass is 33.1. The molecule has 0 spiro atoms. The number of fused-ring (bicyclic) bond motifs is 10. The molecule has 12 aromatic rings. The lowest BCUT2D eigenvalue weighted by atomic mass is 9.97. The Morgan fingerprint density at radius 3 is 1.61 bits per heavy atom. The molecule has 0 aliphatic carbocycles. The molecule has 280 valence electrons. The summed E-state index contributed by atoms with van der Waals surface area (Å²) >= 11 is 8.35. The summed E-state index contributed by atoms with van der Waals surface area (Å²) in [4.78, 5) is 0. The third-order valence-electron chi connectivity index (χ3n) is 11.7. The Balaban J connectivity index is 0.00000196. The zero-order valence-electron chi connectivity index (χ0n) is 31.8. The van der Waals surface area contributed by atoms with Gasteiger partial charge in [-0.05, 0) is 88.5 Å². The van der Waals surface area contributed by atoms with Crippen molar-refractivity contribution in [1.82, 2.24) is 9.13 Å². The second-order valence-electron chi connectivity index (χ2n) is 14.9. The van der Waals surface area contributed by atoms with Crippen molar-refractivity contribution >= 4 is 98.4 Å². The molecule has 0 aliphatic heterocycles. The van der Waals surface area contributed by atoms with E-state index in [2.05, 4.69) is 239 Å². The minimum Gasteiger partial charge on any atom is -0.309 e. The number of aromatic nitrogens is 2. The van der Waals surface area contributed by atoms with Crippen molar-refractivity contribution in [3.05, 3.63) is 206 Å². The molecule has 9 aromatic carbocycles. The molecule has 0 atom stereocenters. The van der Waals surface area contributed by atoms with Crippen LogP contribution in [0.5, 0.6) is 0 Å². The van der Waals surface area contributed by atoms with E-state index in [1.165, 1.54) is 97.2 Å². The second-order valence-corrected chi connectivity index (χ2v) is 15.9. The lowest BCUT2D eigenvalue weighted by Crippen LogP contribution is -1.95. The Hall–Kier alpha value is -6.50. The Morgan fingerprint density at radius 1 is 0.339 bits per heavy atom. The largest absolute Gasteiger partial charge is 0.309 e. The van der Waals surface area contributed by atoms with Crippen LogP contribution in [-0.2, 0) is 0 Å². The van der Waals surface area contributed by atoms with Crippen molar-refractivity contribution in [1.29, 1.82) is 0 Å². The van der Waals surface area contributed by atoms with Gasteiger partial charge in [0.2, 0.25) is 0 Å². The predicted octanol–water partition coefficient (Wildman–Crippen LogP) is 16.0. The lowest BCUT2D eigenvalue weighted by Gasteiger charge is -2.13. The molecule has 12 rings (SSSR count). The first-order chi connectivity index (χ1) is 29.3. The van der Waals surface area contributed by atoms with Gasteiger partial charge in [-0.2, -0.15) is 0 Å². The zero-order chi connectivity index (χ0) is 39.5. The lowest BCUT2D eigenvalue weighted by molar-refractivity contribution is 1.18. The van der Waals surface area contributed by atoms with E-state index in [1.807, 2.05) is 11.3 Å². The van der Waals surface area contributed by atoms with E-state index in [0.29, 0.717) is 0 Å². The molecule has 2 nitrogen and oxygen atoms in total. The Morgan fingerprint density at radius 2 is 0.881 bits per heavy atom. The van der Waals surface area contributed by atoms with Crippen LogP contribution in [0.3, 0.4) is 0 Å². The van der Waals surface area contributed by atoms with Crippen LogP contribution in [0, 0.1) is 0 Å². The number of benzene rings is 9. The van der Waals surface area contributed by atoms with Gasteiger partial charge in [0.1, 0.15) is 0 Å². The third kappa shape index (κ3) is 5.80. The van der Waals surface area contributed by atoms with Crippen LogP contribution >= 0.6 is 34.7 Å². The highest BCUT2D eigenvalue weighted by Gasteiger charge is 2.22. The summed E-state index contributed by atoms with van der Waals surface area (Å²) in [6.45, 7) is 0. The van der Waals surface area contributed by atoms with E-state index in [0.717, 1.165) is 11.4 Å². The summed E-state index contributed by atoms with van der Waals surface area (Å²) in [6.07, 6.45) is 0. The average molecular weight is 809 g/mol. The van der Waals surface area contributed by atoms with Crippen molar-refractivity contribution in [3.63, 3.8) is 0 Å². The van der Waals surface area contributed by atoms with Crippen molar-refractivity contribution in [2.45, 2.75) is 0 Å². The molecule has 3 aromatic heterocycles. The van der Waals surface area contributed by atoms with E-state index < -0.39 is 0 Å². The van der Waals surface area contributed by atoms with Crippen molar-refractivity contribution in [2.24, 2.45) is 0 Å². The molecule has 59 heavy (non-hydrogen) atoms. The minimum atomic E-state index is 1.16. The van der Waals surface area contributed by atoms with Gasteiger partial charge in [-0.3, -0.25) is 0 Å². The van der Waals surface area contributed by atoms with Crippen LogP contribution in [0.15, 0.2) is 206 Å². The maximum absolute atomic E-state index is 3.22. The molecule has 0 saturated carbocycles. The van der Waals surface area contributed by atoms with E-state index in [9.17, 15) is 0 Å². The summed E-state index contributed by atoms with van der Waals surface area (Å²) in [5.74, 6) is 0. The predicted molar refractivity (Wildman–Crippen MR) is 262 cm³/mol. The minimum absolute atomic E-state index is 1.16. The Labute approximate surface area is 356 Å². The van der Waals surface area contributed by atoms with Crippen LogP contribution in [0.25, 0.3) is 109 Å². The quantitative estimate of drug-likeness (QED) is 0.127. The highest BCUT2D eigenvalue weighted by molar-refractivity contribution is 8.59. The fraction of sp³-hybridized carbons (Fsp3) is 0. The fourth-order valence-corrected chi connectivity index (χ4v) is 10.4. The van der Waals surface area contributed by atoms with Crippen molar-refractivity contribution in [2.75, 3.05) is 0 Å². The zero-order valence-corrected chi connectivity index (χ0v) is 34.4. The summed E-state index contributed by atoms with van der Waals surface area (Å²) in [7, 11) is 0. The summed E-state index contributed by atoms with van der Waals surface area (Å²) in [5.41, 5.74) is 14.6. The number of hydrogen-bond donors (Lipinski definition) is 2. The molecule has 0 aliphatic rings. The molecule has 0 unspecified atom stereocenters. The van der Waals surface area contributed by atoms with Crippen LogP contribution in [0.2, 0.25) is 0 Å². The smallest absolute Gasteiger partial charge is 0.0634 e. The molecule has 0 amide bonds. The molecule has 0 saturated heterocycles. The number of thiol groups is 2. The van der Waals surface area contributed by atoms with Crippen molar-refractivity contribution in [3.8, 4) is 44.8 Å². The maximum Gasteiger partial charge on any atom is 0.0634 e. The van der Waals surface area contributed by atoms with Crippen LogP contribution in [0.4, 0.5) is 0 Å². The highest BCUT2D eigenvalue weighted by Crippen LogP contribution is 2.48. The molecule has 0 bridgehead atoms. The molecule has 0 radical (unpaired) electrons.